The number of pyridine rings is 1. The molecule has 0 aliphatic carbocycles. The number of rotatable bonds is 6. The van der Waals surface area contributed by atoms with Crippen molar-refractivity contribution in [3.05, 3.63) is 64.7 Å². The SMILES string of the molecule is NC(=O)c1cc(C(c2c(F)ccc(F)c2F)S(=O)(=O)CCC(F)(F)F)ccn1. The molecule has 5 nitrogen and oxygen atoms in total. The second kappa shape index (κ2) is 7.78. The van der Waals surface area contributed by atoms with Gasteiger partial charge in [-0.3, -0.25) is 9.78 Å². The summed E-state index contributed by atoms with van der Waals surface area (Å²) in [4.78, 5) is 14.8. The summed E-state index contributed by atoms with van der Waals surface area (Å²) in [6, 6.07) is 2.53. The van der Waals surface area contributed by atoms with Crippen LogP contribution in [0.25, 0.3) is 0 Å². The first kappa shape index (κ1) is 21.7. The number of carbonyl (C=O) groups excluding carboxylic acids is 1. The van der Waals surface area contributed by atoms with E-state index in [0.29, 0.717) is 12.1 Å². The van der Waals surface area contributed by atoms with Gasteiger partial charge in [-0.2, -0.15) is 13.2 Å². The molecule has 0 fully saturated rings. The van der Waals surface area contributed by atoms with Crippen LogP contribution in [0.4, 0.5) is 26.3 Å². The average molecular weight is 426 g/mol. The van der Waals surface area contributed by atoms with Gasteiger partial charge in [-0.15, -0.1) is 0 Å². The monoisotopic (exact) mass is 426 g/mol. The molecule has 2 N–H and O–H groups in total. The summed E-state index contributed by atoms with van der Waals surface area (Å²) in [5.74, 6) is -7.61. The van der Waals surface area contributed by atoms with Crippen molar-refractivity contribution in [3.8, 4) is 0 Å². The lowest BCUT2D eigenvalue weighted by molar-refractivity contribution is -0.129. The lowest BCUT2D eigenvalue weighted by Crippen LogP contribution is -2.25. The van der Waals surface area contributed by atoms with Crippen molar-refractivity contribution in [3.63, 3.8) is 0 Å². The van der Waals surface area contributed by atoms with Crippen LogP contribution in [0.1, 0.15) is 33.3 Å². The summed E-state index contributed by atoms with van der Waals surface area (Å²) >= 11 is 0. The number of aromatic nitrogens is 1. The van der Waals surface area contributed by atoms with Crippen LogP contribution in [0.2, 0.25) is 0 Å². The molecule has 1 aromatic carbocycles. The Morgan fingerprint density at radius 3 is 2.29 bits per heavy atom. The largest absolute Gasteiger partial charge is 0.390 e. The Kier molecular flexibility index (Phi) is 6.02. The minimum absolute atomic E-state index is 0.398. The molecule has 1 unspecified atom stereocenters. The summed E-state index contributed by atoms with van der Waals surface area (Å²) in [5, 5.41) is -2.35. The summed E-state index contributed by atoms with van der Waals surface area (Å²) in [5.41, 5.74) is 2.73. The zero-order valence-corrected chi connectivity index (χ0v) is 14.6. The van der Waals surface area contributed by atoms with Gasteiger partial charge in [0.1, 0.15) is 16.8 Å². The Morgan fingerprint density at radius 1 is 1.11 bits per heavy atom. The first-order chi connectivity index (χ1) is 12.8. The van der Waals surface area contributed by atoms with Crippen molar-refractivity contribution in [2.24, 2.45) is 5.73 Å². The van der Waals surface area contributed by atoms with Gasteiger partial charge in [-0.25, -0.2) is 21.6 Å². The molecule has 1 atom stereocenters. The number of hydrogen-bond acceptors (Lipinski definition) is 4. The Bertz CT molecular complexity index is 1010. The van der Waals surface area contributed by atoms with Crippen molar-refractivity contribution in [2.45, 2.75) is 17.8 Å². The highest BCUT2D eigenvalue weighted by Crippen LogP contribution is 2.36. The molecule has 12 heteroatoms. The molecule has 0 saturated heterocycles. The molecule has 0 aliphatic rings. The Labute approximate surface area is 155 Å². The Hall–Kier alpha value is -2.63. The highest BCUT2D eigenvalue weighted by Gasteiger charge is 2.38. The van der Waals surface area contributed by atoms with E-state index in [9.17, 15) is 39.6 Å². The van der Waals surface area contributed by atoms with Crippen LogP contribution in [-0.2, 0) is 9.84 Å². The summed E-state index contributed by atoms with van der Waals surface area (Å²) < 4.78 is 105. The van der Waals surface area contributed by atoms with Crippen LogP contribution in [0, 0.1) is 17.5 Å². The smallest absolute Gasteiger partial charge is 0.364 e. The highest BCUT2D eigenvalue weighted by atomic mass is 32.2. The third-order valence-electron chi connectivity index (χ3n) is 3.71. The van der Waals surface area contributed by atoms with Crippen LogP contribution in [0.5, 0.6) is 0 Å². The van der Waals surface area contributed by atoms with Gasteiger partial charge in [-0.1, -0.05) is 0 Å². The molecular weight excluding hydrogens is 414 g/mol. The van der Waals surface area contributed by atoms with Gasteiger partial charge < -0.3 is 5.73 Å². The number of carbonyl (C=O) groups is 1. The van der Waals surface area contributed by atoms with Crippen molar-refractivity contribution in [1.82, 2.24) is 4.98 Å². The van der Waals surface area contributed by atoms with Gasteiger partial charge in [0.05, 0.1) is 12.2 Å². The van der Waals surface area contributed by atoms with E-state index in [1.165, 1.54) is 0 Å². The zero-order valence-electron chi connectivity index (χ0n) is 13.8. The van der Waals surface area contributed by atoms with Gasteiger partial charge in [-0.05, 0) is 29.8 Å². The summed E-state index contributed by atoms with van der Waals surface area (Å²) in [6.07, 6.45) is -5.78. The number of primary amides is 1. The van der Waals surface area contributed by atoms with E-state index < -0.39 is 73.6 Å². The molecule has 2 aromatic rings. The zero-order chi connectivity index (χ0) is 21.3. The van der Waals surface area contributed by atoms with Crippen molar-refractivity contribution in [1.29, 1.82) is 0 Å². The van der Waals surface area contributed by atoms with Gasteiger partial charge >= 0.3 is 6.18 Å². The molecule has 0 spiro atoms. The minimum atomic E-state index is -4.91. The minimum Gasteiger partial charge on any atom is -0.364 e. The maximum Gasteiger partial charge on any atom is 0.390 e. The molecule has 1 heterocycles. The van der Waals surface area contributed by atoms with Gasteiger partial charge in [0.2, 0.25) is 0 Å². The quantitative estimate of drug-likeness (QED) is 0.568. The lowest BCUT2D eigenvalue weighted by atomic mass is 10.0. The number of benzene rings is 1. The fourth-order valence-electron chi connectivity index (χ4n) is 2.46. The van der Waals surface area contributed by atoms with Crippen molar-refractivity contribution >= 4 is 15.7 Å². The third-order valence-corrected chi connectivity index (χ3v) is 5.71. The van der Waals surface area contributed by atoms with Crippen molar-refractivity contribution in [2.75, 3.05) is 5.75 Å². The lowest BCUT2D eigenvalue weighted by Gasteiger charge is -2.21. The second-order valence-corrected chi connectivity index (χ2v) is 7.91. The predicted molar refractivity (Wildman–Crippen MR) is 85.4 cm³/mol. The van der Waals surface area contributed by atoms with Crippen LogP contribution >= 0.6 is 0 Å². The molecular formula is C16H12F6N2O3S. The van der Waals surface area contributed by atoms with Crippen LogP contribution in [0.3, 0.4) is 0 Å². The van der Waals surface area contributed by atoms with E-state index >= 15 is 0 Å². The van der Waals surface area contributed by atoms with Crippen molar-refractivity contribution < 1.29 is 39.6 Å². The number of nitrogens with zero attached hydrogens (tertiary/aromatic N) is 1. The predicted octanol–water partition coefficient (Wildman–Crippen LogP) is 3.05. The van der Waals surface area contributed by atoms with E-state index in [-0.39, 0.29) is 0 Å². The Balaban J connectivity index is 2.72. The summed E-state index contributed by atoms with van der Waals surface area (Å²) in [7, 11) is -4.91. The van der Waals surface area contributed by atoms with Crippen LogP contribution in [-0.4, -0.2) is 31.2 Å². The fourth-order valence-corrected chi connectivity index (χ4v) is 4.35. The number of amides is 1. The van der Waals surface area contributed by atoms with E-state index in [2.05, 4.69) is 4.98 Å². The number of halogens is 6. The molecule has 1 aromatic heterocycles. The fraction of sp³-hybridized carbons (Fsp3) is 0.250. The molecule has 2 rings (SSSR count). The van der Waals surface area contributed by atoms with E-state index in [4.69, 9.17) is 5.73 Å². The van der Waals surface area contributed by atoms with E-state index in [1.807, 2.05) is 0 Å². The second-order valence-electron chi connectivity index (χ2n) is 5.71. The molecule has 0 saturated carbocycles. The average Bonchev–Trinajstić information content (AvgIpc) is 2.59. The van der Waals surface area contributed by atoms with Gasteiger partial charge in [0, 0.05) is 11.8 Å². The maximum atomic E-state index is 14.3. The normalized spacial score (nSPS) is 13.4. The third kappa shape index (κ3) is 4.80. The standard InChI is InChI=1S/C16H12F6N2O3S/c17-9-1-2-10(18)13(19)12(9)14(28(26,27)6-4-16(20,21)22)8-3-5-24-11(7-8)15(23)25/h1-3,5,7,14H,4,6H2,(H2,23,25). The Morgan fingerprint density at radius 2 is 1.71 bits per heavy atom. The first-order valence-corrected chi connectivity index (χ1v) is 9.22. The van der Waals surface area contributed by atoms with Gasteiger partial charge in [0.25, 0.3) is 5.91 Å². The highest BCUT2D eigenvalue weighted by molar-refractivity contribution is 7.91. The molecule has 0 bridgehead atoms. The molecule has 0 aliphatic heterocycles. The molecule has 1 amide bonds. The number of hydrogen-bond donors (Lipinski definition) is 1. The topological polar surface area (TPSA) is 90.1 Å². The van der Waals surface area contributed by atoms with Crippen LogP contribution < -0.4 is 5.73 Å². The first-order valence-electron chi connectivity index (χ1n) is 7.51. The number of sulfone groups is 1. The van der Waals surface area contributed by atoms with Crippen LogP contribution in [0.15, 0.2) is 30.5 Å². The maximum absolute atomic E-state index is 14.3. The van der Waals surface area contributed by atoms with Gasteiger partial charge in [0.15, 0.2) is 21.5 Å². The van der Waals surface area contributed by atoms with E-state index in [1.54, 1.807) is 0 Å². The van der Waals surface area contributed by atoms with E-state index in [0.717, 1.165) is 18.3 Å². The number of alkyl halides is 3. The molecule has 28 heavy (non-hydrogen) atoms. The molecule has 0 radical (unpaired) electrons. The summed E-state index contributed by atoms with van der Waals surface area (Å²) in [6.45, 7) is 0. The number of nitrogens with two attached hydrogens (primary N) is 1. The molecule has 152 valence electrons.